The van der Waals surface area contributed by atoms with Crippen LogP contribution in [0.15, 0.2) is 16.1 Å². The summed E-state index contributed by atoms with van der Waals surface area (Å²) in [5, 5.41) is 7.07. The van der Waals surface area contributed by atoms with E-state index in [9.17, 15) is 4.79 Å². The van der Waals surface area contributed by atoms with Gasteiger partial charge in [-0.3, -0.25) is 4.79 Å². The number of aryl methyl sites for hydroxylation is 1. The molecule has 1 unspecified atom stereocenters. The first-order chi connectivity index (χ1) is 11.1. The van der Waals surface area contributed by atoms with E-state index >= 15 is 0 Å². The number of hydrogen-bond donors (Lipinski definition) is 0. The van der Waals surface area contributed by atoms with Crippen molar-refractivity contribution in [2.24, 2.45) is 0 Å². The number of carbonyl (C=O) groups excluding carboxylic acids is 1. The van der Waals surface area contributed by atoms with Crippen LogP contribution in [0.5, 0.6) is 0 Å². The van der Waals surface area contributed by atoms with Crippen molar-refractivity contribution in [2.45, 2.75) is 51.4 Å². The third-order valence-corrected chi connectivity index (χ3v) is 5.07. The van der Waals surface area contributed by atoms with Gasteiger partial charge < -0.3 is 9.42 Å². The summed E-state index contributed by atoms with van der Waals surface area (Å²) in [5.41, 5.74) is 0. The van der Waals surface area contributed by atoms with Crippen LogP contribution in [0.2, 0.25) is 0 Å². The second-order valence-corrected chi connectivity index (χ2v) is 7.18. The number of amides is 1. The summed E-state index contributed by atoms with van der Waals surface area (Å²) in [6.45, 7) is 5.65. The van der Waals surface area contributed by atoms with Crippen LogP contribution in [0.3, 0.4) is 0 Å². The zero-order valence-corrected chi connectivity index (χ0v) is 14.4. The molecule has 1 saturated heterocycles. The van der Waals surface area contributed by atoms with Gasteiger partial charge in [-0.25, -0.2) is 4.98 Å². The summed E-state index contributed by atoms with van der Waals surface area (Å²) in [5.74, 6) is 2.04. The molecule has 7 heteroatoms. The molecule has 3 rings (SSSR count). The largest absolute Gasteiger partial charge is 0.342 e. The lowest BCUT2D eigenvalue weighted by molar-refractivity contribution is -0.132. The molecule has 0 aromatic carbocycles. The second-order valence-electron chi connectivity index (χ2n) is 6.25. The summed E-state index contributed by atoms with van der Waals surface area (Å²) in [7, 11) is 0. The molecule has 1 aliphatic rings. The molecule has 23 heavy (non-hydrogen) atoms. The van der Waals surface area contributed by atoms with Crippen LogP contribution in [0, 0.1) is 0 Å². The van der Waals surface area contributed by atoms with Crippen LogP contribution < -0.4 is 0 Å². The maximum absolute atomic E-state index is 12.4. The van der Waals surface area contributed by atoms with E-state index in [1.807, 2.05) is 30.3 Å². The van der Waals surface area contributed by atoms with Crippen LogP contribution >= 0.6 is 11.3 Å². The van der Waals surface area contributed by atoms with Gasteiger partial charge in [0, 0.05) is 49.3 Å². The topological polar surface area (TPSA) is 72.1 Å². The van der Waals surface area contributed by atoms with E-state index in [0.717, 1.165) is 30.9 Å². The van der Waals surface area contributed by atoms with E-state index in [2.05, 4.69) is 15.1 Å². The lowest BCUT2D eigenvalue weighted by Crippen LogP contribution is -2.39. The number of thiazole rings is 1. The zero-order chi connectivity index (χ0) is 16.2. The van der Waals surface area contributed by atoms with E-state index in [0.29, 0.717) is 30.5 Å². The first-order valence-electron chi connectivity index (χ1n) is 8.13. The highest BCUT2D eigenvalue weighted by Gasteiger charge is 2.26. The highest BCUT2D eigenvalue weighted by molar-refractivity contribution is 7.09. The molecule has 1 fully saturated rings. The SMILES string of the molecule is CC(C)c1noc(CCC(=O)N2CCCC(c3nccs3)C2)n1. The van der Waals surface area contributed by atoms with Gasteiger partial charge in [0.05, 0.1) is 5.01 Å². The van der Waals surface area contributed by atoms with Crippen molar-refractivity contribution >= 4 is 17.2 Å². The summed E-state index contributed by atoms with van der Waals surface area (Å²) >= 11 is 1.68. The van der Waals surface area contributed by atoms with Gasteiger partial charge in [-0.1, -0.05) is 19.0 Å². The van der Waals surface area contributed by atoms with Crippen molar-refractivity contribution in [2.75, 3.05) is 13.1 Å². The van der Waals surface area contributed by atoms with Gasteiger partial charge in [0.25, 0.3) is 0 Å². The molecule has 6 nitrogen and oxygen atoms in total. The maximum atomic E-state index is 12.4. The number of rotatable bonds is 5. The average molecular weight is 334 g/mol. The molecule has 0 saturated carbocycles. The Morgan fingerprint density at radius 3 is 3.09 bits per heavy atom. The smallest absolute Gasteiger partial charge is 0.227 e. The van der Waals surface area contributed by atoms with Crippen LogP contribution in [0.25, 0.3) is 0 Å². The van der Waals surface area contributed by atoms with E-state index in [-0.39, 0.29) is 11.8 Å². The van der Waals surface area contributed by atoms with Gasteiger partial charge in [-0.2, -0.15) is 4.98 Å². The average Bonchev–Trinajstić information content (AvgIpc) is 3.24. The Kier molecular flexibility index (Phi) is 5.05. The molecule has 0 N–H and O–H groups in total. The molecule has 3 heterocycles. The Labute approximate surface area is 139 Å². The number of carbonyl (C=O) groups is 1. The van der Waals surface area contributed by atoms with Gasteiger partial charge in [-0.15, -0.1) is 11.3 Å². The lowest BCUT2D eigenvalue weighted by atomic mass is 9.98. The summed E-state index contributed by atoms with van der Waals surface area (Å²) in [6.07, 6.45) is 4.91. The second kappa shape index (κ2) is 7.21. The minimum Gasteiger partial charge on any atom is -0.342 e. The van der Waals surface area contributed by atoms with Gasteiger partial charge in [0.15, 0.2) is 5.82 Å². The number of hydrogen-bond acceptors (Lipinski definition) is 6. The molecular weight excluding hydrogens is 312 g/mol. The molecule has 124 valence electrons. The van der Waals surface area contributed by atoms with E-state index in [1.54, 1.807) is 11.3 Å². The van der Waals surface area contributed by atoms with Crippen molar-refractivity contribution in [3.8, 4) is 0 Å². The first kappa shape index (κ1) is 16.1. The van der Waals surface area contributed by atoms with E-state index in [1.165, 1.54) is 0 Å². The maximum Gasteiger partial charge on any atom is 0.227 e. The molecule has 0 aliphatic carbocycles. The van der Waals surface area contributed by atoms with Crippen molar-refractivity contribution in [1.82, 2.24) is 20.0 Å². The Hall–Kier alpha value is -1.76. The number of nitrogens with zero attached hydrogens (tertiary/aromatic N) is 4. The quantitative estimate of drug-likeness (QED) is 0.840. The molecule has 2 aromatic rings. The fourth-order valence-corrected chi connectivity index (χ4v) is 3.59. The molecule has 1 aliphatic heterocycles. The molecule has 0 bridgehead atoms. The number of piperidine rings is 1. The van der Waals surface area contributed by atoms with E-state index < -0.39 is 0 Å². The Morgan fingerprint density at radius 1 is 1.52 bits per heavy atom. The predicted molar refractivity (Wildman–Crippen MR) is 87.4 cm³/mol. The van der Waals surface area contributed by atoms with Gasteiger partial charge in [-0.05, 0) is 12.8 Å². The fraction of sp³-hybridized carbons (Fsp3) is 0.625. The molecule has 1 amide bonds. The Morgan fingerprint density at radius 2 is 2.39 bits per heavy atom. The summed E-state index contributed by atoms with van der Waals surface area (Å²) < 4.78 is 5.20. The Balaban J connectivity index is 1.53. The number of aromatic nitrogens is 3. The number of likely N-dealkylation sites (tertiary alicyclic amines) is 1. The Bertz CT molecular complexity index is 638. The first-order valence-corrected chi connectivity index (χ1v) is 9.01. The summed E-state index contributed by atoms with van der Waals surface area (Å²) in [4.78, 5) is 23.1. The zero-order valence-electron chi connectivity index (χ0n) is 13.6. The molecular formula is C16H22N4O2S. The molecule has 2 aromatic heterocycles. The van der Waals surface area contributed by atoms with Crippen LogP contribution in [-0.2, 0) is 11.2 Å². The third kappa shape index (κ3) is 3.96. The third-order valence-electron chi connectivity index (χ3n) is 4.13. The van der Waals surface area contributed by atoms with E-state index in [4.69, 9.17) is 4.52 Å². The summed E-state index contributed by atoms with van der Waals surface area (Å²) in [6, 6.07) is 0. The van der Waals surface area contributed by atoms with Crippen molar-refractivity contribution < 1.29 is 9.32 Å². The predicted octanol–water partition coefficient (Wildman–Crippen LogP) is 2.99. The molecule has 0 radical (unpaired) electrons. The fourth-order valence-electron chi connectivity index (χ4n) is 2.82. The van der Waals surface area contributed by atoms with Crippen LogP contribution in [0.4, 0.5) is 0 Å². The lowest BCUT2D eigenvalue weighted by Gasteiger charge is -2.31. The van der Waals surface area contributed by atoms with Crippen LogP contribution in [0.1, 0.15) is 61.7 Å². The van der Waals surface area contributed by atoms with Crippen LogP contribution in [-0.4, -0.2) is 39.0 Å². The highest BCUT2D eigenvalue weighted by Crippen LogP contribution is 2.28. The minimum atomic E-state index is 0.163. The molecule has 0 spiro atoms. The standard InChI is InChI=1S/C16H22N4O2S/c1-11(2)15-18-13(22-19-15)5-6-14(21)20-8-3-4-12(10-20)16-17-7-9-23-16/h7,9,11-12H,3-6,8,10H2,1-2H3. The van der Waals surface area contributed by atoms with Crippen molar-refractivity contribution in [3.05, 3.63) is 28.3 Å². The monoisotopic (exact) mass is 334 g/mol. The van der Waals surface area contributed by atoms with Gasteiger partial charge in [0.2, 0.25) is 11.8 Å². The highest BCUT2D eigenvalue weighted by atomic mass is 32.1. The minimum absolute atomic E-state index is 0.163. The van der Waals surface area contributed by atoms with Gasteiger partial charge >= 0.3 is 0 Å². The van der Waals surface area contributed by atoms with Crippen molar-refractivity contribution in [3.63, 3.8) is 0 Å². The van der Waals surface area contributed by atoms with Crippen molar-refractivity contribution in [1.29, 1.82) is 0 Å². The van der Waals surface area contributed by atoms with Gasteiger partial charge in [0.1, 0.15) is 0 Å². The normalized spacial score (nSPS) is 18.6. The molecule has 1 atom stereocenters.